The van der Waals surface area contributed by atoms with Gasteiger partial charge in [-0.1, -0.05) is 0 Å². The van der Waals surface area contributed by atoms with Crippen molar-refractivity contribution in [2.75, 3.05) is 39.5 Å². The van der Waals surface area contributed by atoms with Crippen LogP contribution in [0.3, 0.4) is 0 Å². The van der Waals surface area contributed by atoms with E-state index in [1.807, 2.05) is 0 Å². The van der Waals surface area contributed by atoms with Gasteiger partial charge in [-0.3, -0.25) is 4.90 Å². The summed E-state index contributed by atoms with van der Waals surface area (Å²) in [4.78, 5) is 2.33. The second-order valence-electron chi connectivity index (χ2n) is 5.19. The van der Waals surface area contributed by atoms with Gasteiger partial charge in [0.15, 0.2) is 0 Å². The first-order valence-corrected chi connectivity index (χ1v) is 6.72. The Morgan fingerprint density at radius 1 is 1.32 bits per heavy atom. The number of morpholine rings is 1. The summed E-state index contributed by atoms with van der Waals surface area (Å²) < 4.78 is 24.3. The van der Waals surface area contributed by atoms with Gasteiger partial charge in [-0.2, -0.15) is 0 Å². The highest BCUT2D eigenvalue weighted by molar-refractivity contribution is 5.38. The molecule has 0 aromatic heterocycles. The minimum atomic E-state index is -0.259. The van der Waals surface area contributed by atoms with E-state index in [1.165, 1.54) is 12.1 Å². The average Bonchev–Trinajstić information content (AvgIpc) is 2.44. The first-order chi connectivity index (χ1) is 9.24. The molecule has 1 aromatic carbocycles. The van der Waals surface area contributed by atoms with Gasteiger partial charge >= 0.3 is 0 Å². The zero-order valence-electron chi connectivity index (χ0n) is 10.8. The van der Waals surface area contributed by atoms with E-state index in [-0.39, 0.29) is 17.8 Å². The van der Waals surface area contributed by atoms with Crippen LogP contribution in [0.1, 0.15) is 11.6 Å². The minimum Gasteiger partial charge on any atom is -0.493 e. The first-order valence-electron chi connectivity index (χ1n) is 6.72. The highest BCUT2D eigenvalue weighted by Crippen LogP contribution is 2.34. The molecule has 2 N–H and O–H groups in total. The molecule has 2 atom stereocenters. The summed E-state index contributed by atoms with van der Waals surface area (Å²) in [6, 6.07) is 4.40. The van der Waals surface area contributed by atoms with Crippen LogP contribution in [0.4, 0.5) is 4.39 Å². The van der Waals surface area contributed by atoms with Crippen molar-refractivity contribution in [3.05, 3.63) is 29.6 Å². The molecule has 2 unspecified atom stereocenters. The second-order valence-corrected chi connectivity index (χ2v) is 5.19. The third-order valence-corrected chi connectivity index (χ3v) is 3.89. The van der Waals surface area contributed by atoms with Crippen molar-refractivity contribution >= 4 is 0 Å². The largest absolute Gasteiger partial charge is 0.493 e. The highest BCUT2D eigenvalue weighted by Gasteiger charge is 2.30. The molecule has 0 amide bonds. The molecular weight excluding hydrogens is 247 g/mol. The summed E-state index contributed by atoms with van der Waals surface area (Å²) in [5, 5.41) is 0. The number of hydrogen-bond acceptors (Lipinski definition) is 4. The maximum Gasteiger partial charge on any atom is 0.124 e. The molecule has 1 saturated heterocycles. The van der Waals surface area contributed by atoms with Crippen LogP contribution in [-0.2, 0) is 4.74 Å². The number of fused-ring (bicyclic) bond motifs is 1. The number of hydrogen-bond donors (Lipinski definition) is 1. The van der Waals surface area contributed by atoms with Crippen LogP contribution in [-0.4, -0.2) is 44.4 Å². The fourth-order valence-corrected chi connectivity index (χ4v) is 2.75. The van der Waals surface area contributed by atoms with E-state index in [1.54, 1.807) is 6.07 Å². The van der Waals surface area contributed by atoms with Crippen molar-refractivity contribution < 1.29 is 13.9 Å². The van der Waals surface area contributed by atoms with Gasteiger partial charge in [-0.05, 0) is 18.2 Å². The van der Waals surface area contributed by atoms with Gasteiger partial charge in [0, 0.05) is 37.2 Å². The Bertz CT molecular complexity index is 449. The SMILES string of the molecule is NC1c2cc(F)ccc2OCC1CN1CCOCC1. The van der Waals surface area contributed by atoms with Crippen LogP contribution in [0.5, 0.6) is 5.75 Å². The van der Waals surface area contributed by atoms with E-state index in [0.29, 0.717) is 12.4 Å². The van der Waals surface area contributed by atoms with Gasteiger partial charge in [-0.15, -0.1) is 0 Å². The van der Waals surface area contributed by atoms with Gasteiger partial charge in [0.1, 0.15) is 11.6 Å². The molecule has 19 heavy (non-hydrogen) atoms. The average molecular weight is 266 g/mol. The number of nitrogens with zero attached hydrogens (tertiary/aromatic N) is 1. The van der Waals surface area contributed by atoms with Crippen LogP contribution >= 0.6 is 0 Å². The molecule has 2 aliphatic heterocycles. The number of rotatable bonds is 2. The summed E-state index contributed by atoms with van der Waals surface area (Å²) in [7, 11) is 0. The third-order valence-electron chi connectivity index (χ3n) is 3.89. The Hall–Kier alpha value is -1.17. The van der Waals surface area contributed by atoms with Crippen LogP contribution in [0, 0.1) is 11.7 Å². The van der Waals surface area contributed by atoms with Gasteiger partial charge in [0.25, 0.3) is 0 Å². The number of halogens is 1. The summed E-state index contributed by atoms with van der Waals surface area (Å²) in [6.07, 6.45) is 0. The Kier molecular flexibility index (Phi) is 3.68. The van der Waals surface area contributed by atoms with Crippen molar-refractivity contribution in [1.29, 1.82) is 0 Å². The Labute approximate surface area is 112 Å². The van der Waals surface area contributed by atoms with Crippen LogP contribution < -0.4 is 10.5 Å². The zero-order valence-corrected chi connectivity index (χ0v) is 10.8. The van der Waals surface area contributed by atoms with Crippen LogP contribution in [0.25, 0.3) is 0 Å². The minimum absolute atomic E-state index is 0.165. The molecule has 0 spiro atoms. The van der Waals surface area contributed by atoms with Crippen molar-refractivity contribution in [1.82, 2.24) is 4.90 Å². The summed E-state index contributed by atoms with van der Waals surface area (Å²) >= 11 is 0. The molecule has 5 heteroatoms. The maximum atomic E-state index is 13.3. The fraction of sp³-hybridized carbons (Fsp3) is 0.571. The van der Waals surface area contributed by atoms with Crippen molar-refractivity contribution in [3.63, 3.8) is 0 Å². The van der Waals surface area contributed by atoms with Gasteiger partial charge < -0.3 is 15.2 Å². The summed E-state index contributed by atoms with van der Waals surface area (Å²) in [6.45, 7) is 4.87. The monoisotopic (exact) mass is 266 g/mol. The topological polar surface area (TPSA) is 47.7 Å². The molecule has 104 valence electrons. The Morgan fingerprint density at radius 3 is 2.89 bits per heavy atom. The van der Waals surface area contributed by atoms with Crippen molar-refractivity contribution in [2.24, 2.45) is 11.7 Å². The molecule has 1 aromatic rings. The smallest absolute Gasteiger partial charge is 0.124 e. The van der Waals surface area contributed by atoms with E-state index in [2.05, 4.69) is 4.90 Å². The highest BCUT2D eigenvalue weighted by atomic mass is 19.1. The fourth-order valence-electron chi connectivity index (χ4n) is 2.75. The number of ether oxygens (including phenoxy) is 2. The summed E-state index contributed by atoms with van der Waals surface area (Å²) in [5.41, 5.74) is 7.05. The maximum absolute atomic E-state index is 13.3. The predicted octanol–water partition coefficient (Wildman–Crippen LogP) is 1.17. The molecule has 0 bridgehead atoms. The second kappa shape index (κ2) is 5.45. The molecule has 0 radical (unpaired) electrons. The molecule has 0 saturated carbocycles. The van der Waals surface area contributed by atoms with Crippen molar-refractivity contribution in [3.8, 4) is 5.75 Å². The molecule has 0 aliphatic carbocycles. The number of benzene rings is 1. The molecule has 4 nitrogen and oxygen atoms in total. The van der Waals surface area contributed by atoms with E-state index < -0.39 is 0 Å². The van der Waals surface area contributed by atoms with Gasteiger partial charge in [0.05, 0.1) is 19.8 Å². The van der Waals surface area contributed by atoms with E-state index in [9.17, 15) is 4.39 Å². The molecule has 3 rings (SSSR count). The van der Waals surface area contributed by atoms with E-state index in [0.717, 1.165) is 38.4 Å². The first kappa shape index (κ1) is 12.8. The molecule has 2 heterocycles. The predicted molar refractivity (Wildman–Crippen MR) is 69.6 cm³/mol. The molecule has 1 fully saturated rings. The Balaban J connectivity index is 1.71. The summed E-state index contributed by atoms with van der Waals surface area (Å²) in [5.74, 6) is 0.657. The molecular formula is C14H19FN2O2. The van der Waals surface area contributed by atoms with Crippen LogP contribution in [0.2, 0.25) is 0 Å². The lowest BCUT2D eigenvalue weighted by Crippen LogP contribution is -2.44. The normalized spacial score (nSPS) is 27.7. The number of nitrogens with two attached hydrogens (primary N) is 1. The molecule has 2 aliphatic rings. The third kappa shape index (κ3) is 2.73. The van der Waals surface area contributed by atoms with Gasteiger partial charge in [0.2, 0.25) is 0 Å². The lowest BCUT2D eigenvalue weighted by Gasteiger charge is -2.36. The zero-order chi connectivity index (χ0) is 13.2. The van der Waals surface area contributed by atoms with Crippen molar-refractivity contribution in [2.45, 2.75) is 6.04 Å². The lowest BCUT2D eigenvalue weighted by atomic mass is 9.90. The van der Waals surface area contributed by atoms with E-state index in [4.69, 9.17) is 15.2 Å². The Morgan fingerprint density at radius 2 is 2.11 bits per heavy atom. The quantitative estimate of drug-likeness (QED) is 0.873. The van der Waals surface area contributed by atoms with Crippen LogP contribution in [0.15, 0.2) is 18.2 Å². The van der Waals surface area contributed by atoms with E-state index >= 15 is 0 Å². The standard InChI is InChI=1S/C14H19FN2O2/c15-11-1-2-13-12(7-11)14(16)10(9-19-13)8-17-3-5-18-6-4-17/h1-2,7,10,14H,3-6,8-9,16H2. The lowest BCUT2D eigenvalue weighted by molar-refractivity contribution is 0.0218. The van der Waals surface area contributed by atoms with Gasteiger partial charge in [-0.25, -0.2) is 4.39 Å².